The number of hydrogen-bond donors (Lipinski definition) is 2. The third-order valence-corrected chi connectivity index (χ3v) is 11.1. The first-order valence-electron chi connectivity index (χ1n) is 17.7. The Kier molecular flexibility index (Phi) is 10.2. The number of amides is 2. The van der Waals surface area contributed by atoms with Gasteiger partial charge in [-0.3, -0.25) is 9.78 Å². The fraction of sp³-hybridized carbons (Fsp3) is 0.595. The topological polar surface area (TPSA) is 122 Å². The van der Waals surface area contributed by atoms with Crippen molar-refractivity contribution in [2.45, 2.75) is 116 Å². The van der Waals surface area contributed by atoms with Crippen LogP contribution in [-0.4, -0.2) is 67.3 Å². The summed E-state index contributed by atoms with van der Waals surface area (Å²) in [5.41, 5.74) is 3.81. The zero-order chi connectivity index (χ0) is 34.9. The Morgan fingerprint density at radius 2 is 1.71 bits per heavy atom. The van der Waals surface area contributed by atoms with Gasteiger partial charge in [-0.15, -0.1) is 0 Å². The first-order valence-corrected chi connectivity index (χ1v) is 21.4. The Hall–Kier alpha value is -3.77. The van der Waals surface area contributed by atoms with Crippen molar-refractivity contribution in [1.29, 1.82) is 0 Å². The van der Waals surface area contributed by atoms with Crippen LogP contribution in [0, 0.1) is 12.8 Å². The minimum atomic E-state index is -1.31. The van der Waals surface area contributed by atoms with Crippen LogP contribution in [0.4, 0.5) is 4.79 Å². The van der Waals surface area contributed by atoms with Crippen LogP contribution in [0.2, 0.25) is 25.7 Å². The summed E-state index contributed by atoms with van der Waals surface area (Å²) in [6.07, 6.45) is 6.70. The zero-order valence-corrected chi connectivity index (χ0v) is 31.1. The highest BCUT2D eigenvalue weighted by Crippen LogP contribution is 2.49. The minimum absolute atomic E-state index is 0.0133. The molecule has 0 spiro atoms. The molecule has 1 aliphatic heterocycles. The van der Waals surface area contributed by atoms with Gasteiger partial charge in [0.2, 0.25) is 6.79 Å². The van der Waals surface area contributed by atoms with Gasteiger partial charge in [-0.2, -0.15) is 0 Å². The first-order chi connectivity index (χ1) is 23.3. The molecule has 49 heavy (non-hydrogen) atoms. The molecule has 3 aromatic rings. The monoisotopic (exact) mass is 692 g/mol. The van der Waals surface area contributed by atoms with E-state index in [1.165, 1.54) is 12.8 Å². The summed E-state index contributed by atoms with van der Waals surface area (Å²) in [6.45, 7) is 16.2. The molecule has 2 aliphatic carbocycles. The lowest BCUT2D eigenvalue weighted by Crippen LogP contribution is -2.45. The van der Waals surface area contributed by atoms with Crippen molar-refractivity contribution in [1.82, 2.24) is 20.2 Å². The molecule has 0 bridgehead atoms. The standard InChI is InChI=1S/C37H52N4O7Si/c1-23-30(35(42)39-25-10-12-26(13-11-25)40-36(43)48-37(2,3)4)32-33(41(23)21-44-18-19-49(5,6)7)27(16-17-38-32)31-28(45-20-24-8-9-24)14-15-29-34(31)47-22-46-29/h14-17,24-26H,8-13,18-22H2,1-7H3,(H,39,42)(H,40,43). The van der Waals surface area contributed by atoms with Crippen LogP contribution >= 0.6 is 0 Å². The van der Waals surface area contributed by atoms with E-state index in [9.17, 15) is 9.59 Å². The number of aromatic nitrogens is 2. The lowest BCUT2D eigenvalue weighted by molar-refractivity contribution is 0.0487. The summed E-state index contributed by atoms with van der Waals surface area (Å²) in [7, 11) is -1.31. The van der Waals surface area contributed by atoms with Crippen LogP contribution < -0.4 is 24.8 Å². The summed E-state index contributed by atoms with van der Waals surface area (Å²) in [6, 6.07) is 6.83. The van der Waals surface area contributed by atoms with Crippen LogP contribution in [0.1, 0.15) is 75.3 Å². The maximum Gasteiger partial charge on any atom is 0.407 e. The number of hydrogen-bond acceptors (Lipinski definition) is 8. The SMILES string of the molecule is Cc1c(C(=O)NC2CCC(NC(=O)OC(C)(C)C)CC2)c2nccc(-c3c(OCC4CC4)ccc4c3OCO4)c2n1COCC[Si](C)(C)C. The number of nitrogens with zero attached hydrogens (tertiary/aromatic N) is 2. The Labute approximate surface area is 290 Å². The van der Waals surface area contributed by atoms with Crippen LogP contribution in [0.15, 0.2) is 24.4 Å². The predicted molar refractivity (Wildman–Crippen MR) is 191 cm³/mol. The normalized spacial score (nSPS) is 19.2. The second kappa shape index (κ2) is 14.2. The lowest BCUT2D eigenvalue weighted by atomic mass is 9.91. The predicted octanol–water partition coefficient (Wildman–Crippen LogP) is 7.41. The zero-order valence-electron chi connectivity index (χ0n) is 30.1. The van der Waals surface area contributed by atoms with Gasteiger partial charge in [0.05, 0.1) is 23.3 Å². The summed E-state index contributed by atoms with van der Waals surface area (Å²) in [5.74, 6) is 2.42. The average molecular weight is 693 g/mol. The molecule has 2 aromatic heterocycles. The fourth-order valence-corrected chi connectivity index (χ4v) is 7.25. The van der Waals surface area contributed by atoms with Gasteiger partial charge >= 0.3 is 6.09 Å². The Bertz CT molecular complexity index is 1680. The minimum Gasteiger partial charge on any atom is -0.493 e. The van der Waals surface area contributed by atoms with E-state index in [2.05, 4.69) is 34.8 Å². The number of carbonyl (C=O) groups is 2. The molecule has 1 aromatic carbocycles. The molecule has 0 atom stereocenters. The van der Waals surface area contributed by atoms with Gasteiger partial charge in [-0.05, 0) is 96.4 Å². The third kappa shape index (κ3) is 8.52. The van der Waals surface area contributed by atoms with E-state index in [1.54, 1.807) is 6.20 Å². The van der Waals surface area contributed by atoms with Crippen LogP contribution in [-0.2, 0) is 16.2 Å². The highest BCUT2D eigenvalue weighted by Gasteiger charge is 2.32. The van der Waals surface area contributed by atoms with Gasteiger partial charge in [0.1, 0.15) is 23.6 Å². The fourth-order valence-electron chi connectivity index (χ4n) is 6.49. The van der Waals surface area contributed by atoms with E-state index in [0.717, 1.165) is 59.8 Å². The van der Waals surface area contributed by atoms with Crippen molar-refractivity contribution in [2.75, 3.05) is 20.0 Å². The maximum atomic E-state index is 14.2. The summed E-state index contributed by atoms with van der Waals surface area (Å²) in [4.78, 5) is 31.3. The number of fused-ring (bicyclic) bond motifs is 2. The van der Waals surface area contributed by atoms with Crippen molar-refractivity contribution < 1.29 is 33.3 Å². The van der Waals surface area contributed by atoms with Crippen LogP contribution in [0.5, 0.6) is 17.2 Å². The van der Waals surface area contributed by atoms with E-state index < -0.39 is 19.8 Å². The van der Waals surface area contributed by atoms with Gasteiger partial charge in [0.15, 0.2) is 11.5 Å². The second-order valence-electron chi connectivity index (χ2n) is 15.9. The molecule has 266 valence electrons. The molecule has 3 aliphatic rings. The highest BCUT2D eigenvalue weighted by molar-refractivity contribution is 6.76. The van der Waals surface area contributed by atoms with Gasteiger partial charge in [-0.25, -0.2) is 4.79 Å². The highest BCUT2D eigenvalue weighted by atomic mass is 28.3. The molecule has 12 heteroatoms. The Morgan fingerprint density at radius 1 is 1.00 bits per heavy atom. The van der Waals surface area contributed by atoms with Gasteiger partial charge < -0.3 is 38.9 Å². The van der Waals surface area contributed by atoms with E-state index in [1.807, 2.05) is 45.9 Å². The molecule has 6 rings (SSSR count). The number of carbonyl (C=O) groups excluding carboxylic acids is 2. The number of rotatable bonds is 12. The summed E-state index contributed by atoms with van der Waals surface area (Å²) in [5, 5.41) is 6.28. The van der Waals surface area contributed by atoms with E-state index in [4.69, 9.17) is 28.7 Å². The van der Waals surface area contributed by atoms with Crippen molar-refractivity contribution >= 4 is 31.1 Å². The number of nitrogens with one attached hydrogen (secondary N) is 2. The molecule has 3 heterocycles. The molecule has 2 N–H and O–H groups in total. The first kappa shape index (κ1) is 35.1. The molecular formula is C37H52N4O7Si. The second-order valence-corrected chi connectivity index (χ2v) is 21.5. The molecule has 2 amide bonds. The summed E-state index contributed by atoms with van der Waals surface area (Å²) < 4.78 is 32.1. The summed E-state index contributed by atoms with van der Waals surface area (Å²) >= 11 is 0. The molecule has 0 unspecified atom stereocenters. The number of alkyl carbamates (subject to hydrolysis) is 1. The van der Waals surface area contributed by atoms with Crippen molar-refractivity contribution in [2.24, 2.45) is 5.92 Å². The molecule has 11 nitrogen and oxygen atoms in total. The van der Waals surface area contributed by atoms with Crippen LogP contribution in [0.25, 0.3) is 22.2 Å². The molecule has 2 saturated carbocycles. The molecule has 0 radical (unpaired) electrons. The van der Waals surface area contributed by atoms with Gasteiger partial charge in [-0.1, -0.05) is 19.6 Å². The van der Waals surface area contributed by atoms with Crippen molar-refractivity contribution in [3.8, 4) is 28.4 Å². The van der Waals surface area contributed by atoms with Gasteiger partial charge in [0.25, 0.3) is 5.91 Å². The van der Waals surface area contributed by atoms with Crippen LogP contribution in [0.3, 0.4) is 0 Å². The van der Waals surface area contributed by atoms with Crippen molar-refractivity contribution in [3.63, 3.8) is 0 Å². The van der Waals surface area contributed by atoms with Gasteiger partial charge in [0, 0.05) is 44.2 Å². The quantitative estimate of drug-likeness (QED) is 0.149. The Balaban J connectivity index is 1.30. The van der Waals surface area contributed by atoms with E-state index in [0.29, 0.717) is 41.7 Å². The third-order valence-electron chi connectivity index (χ3n) is 9.37. The largest absolute Gasteiger partial charge is 0.493 e. The smallest absolute Gasteiger partial charge is 0.407 e. The molecular weight excluding hydrogens is 641 g/mol. The average Bonchev–Trinajstić information content (AvgIpc) is 3.64. The number of pyridine rings is 1. The lowest BCUT2D eigenvalue weighted by Gasteiger charge is -2.30. The number of benzene rings is 1. The maximum absolute atomic E-state index is 14.2. The number of ether oxygens (including phenoxy) is 5. The molecule has 2 fully saturated rings. The van der Waals surface area contributed by atoms with E-state index >= 15 is 0 Å². The Morgan fingerprint density at radius 3 is 2.39 bits per heavy atom. The van der Waals surface area contributed by atoms with E-state index in [-0.39, 0.29) is 31.5 Å². The van der Waals surface area contributed by atoms with Crippen molar-refractivity contribution in [3.05, 3.63) is 35.7 Å². The molecule has 0 saturated heterocycles.